The van der Waals surface area contributed by atoms with Crippen molar-refractivity contribution in [2.24, 2.45) is 5.92 Å². The van der Waals surface area contributed by atoms with Gasteiger partial charge in [0.1, 0.15) is 0 Å². The van der Waals surface area contributed by atoms with Crippen molar-refractivity contribution >= 4 is 11.6 Å². The summed E-state index contributed by atoms with van der Waals surface area (Å²) >= 11 is 6.19. The topological polar surface area (TPSA) is 12.0 Å². The molecule has 1 aromatic rings. The molecule has 2 unspecified atom stereocenters. The monoisotopic (exact) mass is 223 g/mol. The summed E-state index contributed by atoms with van der Waals surface area (Å²) in [5.41, 5.74) is 1.30. The van der Waals surface area contributed by atoms with Gasteiger partial charge in [-0.25, -0.2) is 0 Å². The highest BCUT2D eigenvalue weighted by Crippen LogP contribution is 2.30. The predicted octanol–water partition coefficient (Wildman–Crippen LogP) is 3.44. The fraction of sp³-hybridized carbons (Fsp3) is 0.538. The summed E-state index contributed by atoms with van der Waals surface area (Å²) in [7, 11) is 0. The highest BCUT2D eigenvalue weighted by atomic mass is 35.5. The molecule has 0 radical (unpaired) electrons. The van der Waals surface area contributed by atoms with E-state index in [9.17, 15) is 0 Å². The maximum atomic E-state index is 6.19. The molecular weight excluding hydrogens is 206 g/mol. The minimum atomic E-state index is 0.573. The van der Waals surface area contributed by atoms with Gasteiger partial charge in [-0.2, -0.15) is 0 Å². The molecule has 2 atom stereocenters. The van der Waals surface area contributed by atoms with Crippen LogP contribution in [0.25, 0.3) is 0 Å². The van der Waals surface area contributed by atoms with E-state index in [1.807, 2.05) is 12.1 Å². The van der Waals surface area contributed by atoms with E-state index < -0.39 is 0 Å². The highest BCUT2D eigenvalue weighted by Gasteiger charge is 2.19. The molecule has 0 aliphatic carbocycles. The van der Waals surface area contributed by atoms with Crippen molar-refractivity contribution in [2.45, 2.75) is 25.7 Å². The zero-order valence-corrected chi connectivity index (χ0v) is 9.93. The molecule has 1 N–H and O–H groups in total. The summed E-state index contributed by atoms with van der Waals surface area (Å²) in [6.07, 6.45) is 2.56. The maximum absolute atomic E-state index is 6.19. The molecule has 1 nitrogen and oxygen atoms in total. The van der Waals surface area contributed by atoms with Crippen LogP contribution in [0, 0.1) is 5.92 Å². The van der Waals surface area contributed by atoms with Crippen molar-refractivity contribution in [3.8, 4) is 0 Å². The molecule has 0 amide bonds. The molecule has 1 aliphatic heterocycles. The van der Waals surface area contributed by atoms with Crippen molar-refractivity contribution in [3.63, 3.8) is 0 Å². The minimum Gasteiger partial charge on any atom is -0.316 e. The van der Waals surface area contributed by atoms with Gasteiger partial charge in [0.2, 0.25) is 0 Å². The molecule has 0 saturated carbocycles. The van der Waals surface area contributed by atoms with Crippen LogP contribution in [0.3, 0.4) is 0 Å². The van der Waals surface area contributed by atoms with Gasteiger partial charge in [0.15, 0.2) is 0 Å². The maximum Gasteiger partial charge on any atom is 0.0440 e. The van der Waals surface area contributed by atoms with Gasteiger partial charge >= 0.3 is 0 Å². The fourth-order valence-electron chi connectivity index (χ4n) is 2.42. The average Bonchev–Trinajstić information content (AvgIpc) is 2.71. The van der Waals surface area contributed by atoms with Crippen LogP contribution in [0.5, 0.6) is 0 Å². The summed E-state index contributed by atoms with van der Waals surface area (Å²) < 4.78 is 0. The number of benzene rings is 1. The van der Waals surface area contributed by atoms with Gasteiger partial charge < -0.3 is 5.32 Å². The first kappa shape index (κ1) is 11.0. The van der Waals surface area contributed by atoms with E-state index >= 15 is 0 Å². The van der Waals surface area contributed by atoms with Crippen LogP contribution < -0.4 is 5.32 Å². The summed E-state index contributed by atoms with van der Waals surface area (Å²) in [4.78, 5) is 0. The predicted molar refractivity (Wildman–Crippen MR) is 65.5 cm³/mol. The van der Waals surface area contributed by atoms with Crippen molar-refractivity contribution in [1.29, 1.82) is 0 Å². The van der Waals surface area contributed by atoms with Crippen LogP contribution >= 0.6 is 11.6 Å². The Kier molecular flexibility index (Phi) is 3.66. The van der Waals surface area contributed by atoms with Crippen LogP contribution in [-0.2, 0) is 0 Å². The van der Waals surface area contributed by atoms with Gasteiger partial charge in [-0.1, -0.05) is 36.7 Å². The summed E-state index contributed by atoms with van der Waals surface area (Å²) in [6.45, 7) is 4.63. The molecule has 0 bridgehead atoms. The number of nitrogens with one attached hydrogen (secondary N) is 1. The van der Waals surface area contributed by atoms with E-state index in [2.05, 4.69) is 24.4 Å². The fourth-order valence-corrected chi connectivity index (χ4v) is 2.74. The molecule has 1 heterocycles. The first-order valence-electron chi connectivity index (χ1n) is 5.72. The van der Waals surface area contributed by atoms with Crippen molar-refractivity contribution < 1.29 is 0 Å². The SMILES string of the molecule is CC(CC1CCNC1)c1ccccc1Cl. The molecule has 82 valence electrons. The van der Waals surface area contributed by atoms with Gasteiger partial charge in [0, 0.05) is 5.02 Å². The Bertz CT molecular complexity index is 318. The number of hydrogen-bond acceptors (Lipinski definition) is 1. The number of halogens is 1. The second kappa shape index (κ2) is 5.00. The van der Waals surface area contributed by atoms with Crippen molar-refractivity contribution in [3.05, 3.63) is 34.9 Å². The normalized spacial score (nSPS) is 22.9. The van der Waals surface area contributed by atoms with Gasteiger partial charge in [0.25, 0.3) is 0 Å². The molecule has 1 aliphatic rings. The van der Waals surface area contributed by atoms with Crippen LogP contribution in [0.4, 0.5) is 0 Å². The van der Waals surface area contributed by atoms with Crippen molar-refractivity contribution in [2.75, 3.05) is 13.1 Å². The van der Waals surface area contributed by atoms with E-state index in [0.29, 0.717) is 5.92 Å². The first-order valence-corrected chi connectivity index (χ1v) is 6.10. The summed E-state index contributed by atoms with van der Waals surface area (Å²) in [5, 5.41) is 4.32. The Labute approximate surface area is 96.8 Å². The Morgan fingerprint density at radius 3 is 2.93 bits per heavy atom. The zero-order valence-electron chi connectivity index (χ0n) is 9.17. The lowest BCUT2D eigenvalue weighted by Crippen LogP contribution is -2.11. The summed E-state index contributed by atoms with van der Waals surface area (Å²) in [6, 6.07) is 8.20. The smallest absolute Gasteiger partial charge is 0.0440 e. The zero-order chi connectivity index (χ0) is 10.7. The van der Waals surface area contributed by atoms with E-state index in [4.69, 9.17) is 11.6 Å². The third-order valence-electron chi connectivity index (χ3n) is 3.29. The van der Waals surface area contributed by atoms with E-state index in [-0.39, 0.29) is 0 Å². The van der Waals surface area contributed by atoms with E-state index in [0.717, 1.165) is 10.9 Å². The second-order valence-corrected chi connectivity index (χ2v) is 4.92. The molecule has 15 heavy (non-hydrogen) atoms. The average molecular weight is 224 g/mol. The lowest BCUT2D eigenvalue weighted by atomic mass is 9.90. The van der Waals surface area contributed by atoms with Crippen LogP contribution in [0.15, 0.2) is 24.3 Å². The van der Waals surface area contributed by atoms with Crippen LogP contribution in [-0.4, -0.2) is 13.1 Å². The molecular formula is C13H18ClN. The van der Waals surface area contributed by atoms with E-state index in [1.54, 1.807) is 0 Å². The molecule has 0 aromatic heterocycles. The number of hydrogen-bond donors (Lipinski definition) is 1. The van der Waals surface area contributed by atoms with Gasteiger partial charge in [-0.05, 0) is 49.4 Å². The Morgan fingerprint density at radius 1 is 1.47 bits per heavy atom. The largest absolute Gasteiger partial charge is 0.316 e. The Balaban J connectivity index is 2.00. The van der Waals surface area contributed by atoms with Gasteiger partial charge in [0.05, 0.1) is 0 Å². The Hall–Kier alpha value is -0.530. The summed E-state index contributed by atoms with van der Waals surface area (Å²) in [5.74, 6) is 1.40. The Morgan fingerprint density at radius 2 is 2.27 bits per heavy atom. The third kappa shape index (κ3) is 2.73. The first-order chi connectivity index (χ1) is 7.27. The third-order valence-corrected chi connectivity index (χ3v) is 3.63. The van der Waals surface area contributed by atoms with Crippen LogP contribution in [0.2, 0.25) is 5.02 Å². The molecule has 2 heteroatoms. The van der Waals surface area contributed by atoms with Gasteiger partial charge in [-0.15, -0.1) is 0 Å². The molecule has 1 aromatic carbocycles. The lowest BCUT2D eigenvalue weighted by Gasteiger charge is -2.17. The minimum absolute atomic E-state index is 0.573. The lowest BCUT2D eigenvalue weighted by molar-refractivity contribution is 0.484. The van der Waals surface area contributed by atoms with E-state index in [1.165, 1.54) is 31.5 Å². The van der Waals surface area contributed by atoms with Crippen molar-refractivity contribution in [1.82, 2.24) is 5.32 Å². The molecule has 1 saturated heterocycles. The number of rotatable bonds is 3. The van der Waals surface area contributed by atoms with Crippen LogP contribution in [0.1, 0.15) is 31.2 Å². The standard InChI is InChI=1S/C13H18ClN/c1-10(8-11-6-7-15-9-11)12-4-2-3-5-13(12)14/h2-5,10-11,15H,6-9H2,1H3. The van der Waals surface area contributed by atoms with Gasteiger partial charge in [-0.3, -0.25) is 0 Å². The highest BCUT2D eigenvalue weighted by molar-refractivity contribution is 6.31. The second-order valence-electron chi connectivity index (χ2n) is 4.52. The molecule has 1 fully saturated rings. The molecule has 0 spiro atoms. The quantitative estimate of drug-likeness (QED) is 0.828. The molecule has 2 rings (SSSR count).